The number of carbonyl (C=O) groups is 1. The number of piperidine rings is 1. The van der Waals surface area contributed by atoms with Gasteiger partial charge in [-0.3, -0.25) is 4.79 Å². The number of carbonyl (C=O) groups excluding carboxylic acids is 1. The van der Waals surface area contributed by atoms with Crippen LogP contribution >= 0.6 is 24.2 Å². The van der Waals surface area contributed by atoms with Gasteiger partial charge in [-0.25, -0.2) is 0 Å². The van der Waals surface area contributed by atoms with Crippen LogP contribution in [0.3, 0.4) is 0 Å². The van der Waals surface area contributed by atoms with Crippen LogP contribution in [0.25, 0.3) is 0 Å². The SMILES string of the molecule is COc1ccc(SCC(=O)NCC2CCCNC2)cc1.Cl. The molecule has 1 saturated heterocycles. The van der Waals surface area contributed by atoms with Crippen molar-refractivity contribution in [3.05, 3.63) is 24.3 Å². The van der Waals surface area contributed by atoms with E-state index in [1.54, 1.807) is 18.9 Å². The molecule has 1 heterocycles. The van der Waals surface area contributed by atoms with Crippen LogP contribution in [0, 0.1) is 5.92 Å². The quantitative estimate of drug-likeness (QED) is 0.786. The number of hydrogen-bond donors (Lipinski definition) is 2. The van der Waals surface area contributed by atoms with E-state index in [0.717, 1.165) is 30.3 Å². The van der Waals surface area contributed by atoms with Crippen LogP contribution in [-0.4, -0.2) is 38.4 Å². The highest BCUT2D eigenvalue weighted by Crippen LogP contribution is 2.20. The van der Waals surface area contributed by atoms with Crippen molar-refractivity contribution in [1.82, 2.24) is 10.6 Å². The number of rotatable bonds is 6. The first-order valence-corrected chi connectivity index (χ1v) is 8.01. The summed E-state index contributed by atoms with van der Waals surface area (Å²) in [4.78, 5) is 12.9. The fourth-order valence-electron chi connectivity index (χ4n) is 2.23. The highest BCUT2D eigenvalue weighted by atomic mass is 35.5. The molecule has 1 aliphatic rings. The van der Waals surface area contributed by atoms with Gasteiger partial charge in [-0.15, -0.1) is 24.2 Å². The molecule has 1 aliphatic heterocycles. The molecule has 1 aromatic carbocycles. The molecular formula is C15H23ClN2O2S. The van der Waals surface area contributed by atoms with Gasteiger partial charge in [-0.2, -0.15) is 0 Å². The highest BCUT2D eigenvalue weighted by molar-refractivity contribution is 8.00. The van der Waals surface area contributed by atoms with Crippen LogP contribution in [0.2, 0.25) is 0 Å². The van der Waals surface area contributed by atoms with Crippen LogP contribution in [0.5, 0.6) is 5.75 Å². The van der Waals surface area contributed by atoms with Crippen molar-refractivity contribution in [1.29, 1.82) is 0 Å². The van der Waals surface area contributed by atoms with Crippen LogP contribution in [0.4, 0.5) is 0 Å². The smallest absolute Gasteiger partial charge is 0.230 e. The zero-order chi connectivity index (χ0) is 14.2. The van der Waals surface area contributed by atoms with Crippen LogP contribution in [0.1, 0.15) is 12.8 Å². The molecular weight excluding hydrogens is 308 g/mol. The van der Waals surface area contributed by atoms with Gasteiger partial charge in [0, 0.05) is 11.4 Å². The van der Waals surface area contributed by atoms with E-state index in [-0.39, 0.29) is 18.3 Å². The minimum Gasteiger partial charge on any atom is -0.497 e. The topological polar surface area (TPSA) is 50.4 Å². The Morgan fingerprint density at radius 2 is 2.19 bits per heavy atom. The third-order valence-corrected chi connectivity index (χ3v) is 4.43. The Balaban J connectivity index is 0.00000220. The molecule has 0 aromatic heterocycles. The Hall–Kier alpha value is -0.910. The molecule has 4 nitrogen and oxygen atoms in total. The lowest BCUT2D eigenvalue weighted by Gasteiger charge is -2.22. The molecule has 1 atom stereocenters. The standard InChI is InChI=1S/C15H22N2O2S.ClH/c1-19-13-4-6-14(7-5-13)20-11-15(18)17-10-12-3-2-8-16-9-12;/h4-7,12,16H,2-3,8-11H2,1H3,(H,17,18);1H. The van der Waals surface area contributed by atoms with Gasteiger partial charge in [-0.05, 0) is 56.1 Å². The first-order chi connectivity index (χ1) is 9.78. The summed E-state index contributed by atoms with van der Waals surface area (Å²) in [5, 5.41) is 6.38. The molecule has 2 N–H and O–H groups in total. The molecule has 1 unspecified atom stereocenters. The van der Waals surface area contributed by atoms with E-state index in [1.165, 1.54) is 12.8 Å². The maximum Gasteiger partial charge on any atom is 0.230 e. The summed E-state index contributed by atoms with van der Waals surface area (Å²) in [5.74, 6) is 1.99. The second kappa shape index (κ2) is 9.92. The van der Waals surface area contributed by atoms with Gasteiger partial charge in [-0.1, -0.05) is 0 Å². The van der Waals surface area contributed by atoms with Gasteiger partial charge in [0.05, 0.1) is 12.9 Å². The zero-order valence-corrected chi connectivity index (χ0v) is 13.9. The summed E-state index contributed by atoms with van der Waals surface area (Å²) in [6.45, 7) is 2.92. The van der Waals surface area contributed by atoms with Gasteiger partial charge in [0.1, 0.15) is 5.75 Å². The lowest BCUT2D eigenvalue weighted by Crippen LogP contribution is -2.38. The molecule has 21 heavy (non-hydrogen) atoms. The van der Waals surface area contributed by atoms with Gasteiger partial charge < -0.3 is 15.4 Å². The van der Waals surface area contributed by atoms with E-state index in [2.05, 4.69) is 10.6 Å². The van der Waals surface area contributed by atoms with E-state index in [1.807, 2.05) is 24.3 Å². The number of thioether (sulfide) groups is 1. The average molecular weight is 331 g/mol. The third kappa shape index (κ3) is 6.59. The number of benzene rings is 1. The molecule has 1 amide bonds. The van der Waals surface area contributed by atoms with Crippen molar-refractivity contribution in [2.45, 2.75) is 17.7 Å². The van der Waals surface area contributed by atoms with E-state index < -0.39 is 0 Å². The monoisotopic (exact) mass is 330 g/mol. The summed E-state index contributed by atoms with van der Waals surface area (Å²) < 4.78 is 5.11. The van der Waals surface area contributed by atoms with Gasteiger partial charge in [0.25, 0.3) is 0 Å². The van der Waals surface area contributed by atoms with Crippen LogP contribution in [-0.2, 0) is 4.79 Å². The molecule has 2 rings (SSSR count). The summed E-state index contributed by atoms with van der Waals surface area (Å²) in [6.07, 6.45) is 2.42. The third-order valence-electron chi connectivity index (χ3n) is 3.42. The summed E-state index contributed by atoms with van der Waals surface area (Å²) in [5.41, 5.74) is 0. The van der Waals surface area contributed by atoms with E-state index in [4.69, 9.17) is 4.74 Å². The Morgan fingerprint density at radius 1 is 1.43 bits per heavy atom. The number of hydrogen-bond acceptors (Lipinski definition) is 4. The lowest BCUT2D eigenvalue weighted by atomic mass is 10.00. The highest BCUT2D eigenvalue weighted by Gasteiger charge is 2.13. The van der Waals surface area contributed by atoms with Crippen molar-refractivity contribution in [2.75, 3.05) is 32.5 Å². The summed E-state index contributed by atoms with van der Waals surface area (Å²) in [7, 11) is 1.65. The molecule has 0 radical (unpaired) electrons. The molecule has 1 aromatic rings. The first kappa shape index (κ1) is 18.1. The van der Waals surface area contributed by atoms with Crippen LogP contribution < -0.4 is 15.4 Å². The number of amides is 1. The Kier molecular flexibility index (Phi) is 8.57. The van der Waals surface area contributed by atoms with E-state index in [9.17, 15) is 4.79 Å². The zero-order valence-electron chi connectivity index (χ0n) is 12.3. The molecule has 0 saturated carbocycles. The fraction of sp³-hybridized carbons (Fsp3) is 0.533. The summed E-state index contributed by atoms with van der Waals surface area (Å²) in [6, 6.07) is 7.77. The molecule has 1 fully saturated rings. The normalized spacial score (nSPS) is 17.7. The van der Waals surface area contributed by atoms with E-state index >= 15 is 0 Å². The van der Waals surface area contributed by atoms with Crippen molar-refractivity contribution in [3.63, 3.8) is 0 Å². The van der Waals surface area contributed by atoms with Gasteiger partial charge >= 0.3 is 0 Å². The minimum absolute atomic E-state index is 0. The fourth-order valence-corrected chi connectivity index (χ4v) is 2.96. The minimum atomic E-state index is 0. The number of ether oxygens (including phenoxy) is 1. The summed E-state index contributed by atoms with van der Waals surface area (Å²) >= 11 is 1.55. The Labute approximate surface area is 136 Å². The predicted molar refractivity (Wildman–Crippen MR) is 89.6 cm³/mol. The Morgan fingerprint density at radius 3 is 2.81 bits per heavy atom. The van der Waals surface area contributed by atoms with Crippen LogP contribution in [0.15, 0.2) is 29.2 Å². The number of methoxy groups -OCH3 is 1. The first-order valence-electron chi connectivity index (χ1n) is 7.02. The van der Waals surface area contributed by atoms with Crippen molar-refractivity contribution < 1.29 is 9.53 Å². The average Bonchev–Trinajstić information content (AvgIpc) is 2.52. The molecule has 0 spiro atoms. The molecule has 6 heteroatoms. The maximum absolute atomic E-state index is 11.8. The number of halogens is 1. The molecule has 0 aliphatic carbocycles. The Bertz CT molecular complexity index is 422. The lowest BCUT2D eigenvalue weighted by molar-refractivity contribution is -0.118. The second-order valence-corrected chi connectivity index (χ2v) is 6.03. The van der Waals surface area contributed by atoms with Gasteiger partial charge in [0.2, 0.25) is 5.91 Å². The van der Waals surface area contributed by atoms with Crippen molar-refractivity contribution in [3.8, 4) is 5.75 Å². The largest absolute Gasteiger partial charge is 0.497 e. The maximum atomic E-state index is 11.8. The second-order valence-electron chi connectivity index (χ2n) is 4.98. The molecule has 118 valence electrons. The number of nitrogens with one attached hydrogen (secondary N) is 2. The van der Waals surface area contributed by atoms with Crippen molar-refractivity contribution >= 4 is 30.1 Å². The van der Waals surface area contributed by atoms with E-state index in [0.29, 0.717) is 11.7 Å². The predicted octanol–water partition coefficient (Wildman–Crippen LogP) is 2.32. The molecule has 0 bridgehead atoms. The van der Waals surface area contributed by atoms with Crippen molar-refractivity contribution in [2.24, 2.45) is 5.92 Å². The van der Waals surface area contributed by atoms with Gasteiger partial charge in [0.15, 0.2) is 0 Å².